The molecule has 3 N–H and O–H groups in total. The number of anilines is 1. The van der Waals surface area contributed by atoms with Gasteiger partial charge in [-0.2, -0.15) is 5.10 Å². The summed E-state index contributed by atoms with van der Waals surface area (Å²) < 4.78 is 7.78. The number of ether oxygens (including phenoxy) is 1. The number of amides is 1. The van der Waals surface area contributed by atoms with E-state index in [-0.39, 0.29) is 11.5 Å². The second kappa shape index (κ2) is 13.1. The Hall–Kier alpha value is -4.63. The molecular formula is C34H38N6O3. The van der Waals surface area contributed by atoms with Crippen LogP contribution in [0.4, 0.5) is 5.69 Å². The minimum Gasteiger partial charge on any atom is -0.494 e. The normalized spacial score (nSPS) is 13.8. The summed E-state index contributed by atoms with van der Waals surface area (Å²) >= 11 is 0. The number of piperidine rings is 1. The highest BCUT2D eigenvalue weighted by Gasteiger charge is 2.14. The van der Waals surface area contributed by atoms with Crippen LogP contribution in [0.15, 0.2) is 78.0 Å². The average molecular weight is 579 g/mol. The average Bonchev–Trinajstić information content (AvgIpc) is 3.68. The highest BCUT2D eigenvalue weighted by atomic mass is 16.5. The first-order valence-corrected chi connectivity index (χ1v) is 15.2. The monoisotopic (exact) mass is 578 g/mol. The van der Waals surface area contributed by atoms with E-state index in [0.717, 1.165) is 41.6 Å². The molecule has 4 heterocycles. The van der Waals surface area contributed by atoms with E-state index in [1.54, 1.807) is 23.1 Å². The first-order valence-electron chi connectivity index (χ1n) is 15.2. The van der Waals surface area contributed by atoms with Crippen molar-refractivity contribution in [1.82, 2.24) is 24.6 Å². The first-order chi connectivity index (χ1) is 21.0. The Morgan fingerprint density at radius 1 is 1.05 bits per heavy atom. The molecular weight excluding hydrogens is 540 g/mol. The molecule has 9 nitrogen and oxygen atoms in total. The van der Waals surface area contributed by atoms with Crippen molar-refractivity contribution >= 4 is 22.5 Å². The summed E-state index contributed by atoms with van der Waals surface area (Å²) in [5, 5.41) is 8.21. The number of pyridine rings is 1. The number of carbonyl (C=O) groups excluding carboxylic acids is 1. The Morgan fingerprint density at radius 2 is 1.91 bits per heavy atom. The lowest BCUT2D eigenvalue weighted by atomic mass is 10.1. The Morgan fingerprint density at radius 3 is 2.77 bits per heavy atom. The smallest absolute Gasteiger partial charge is 0.258 e. The van der Waals surface area contributed by atoms with Gasteiger partial charge in [-0.3, -0.25) is 14.3 Å². The Labute approximate surface area is 250 Å². The molecule has 1 amide bonds. The molecule has 3 aromatic heterocycles. The van der Waals surface area contributed by atoms with Gasteiger partial charge in [-0.05, 0) is 80.2 Å². The van der Waals surface area contributed by atoms with Crippen LogP contribution in [0.2, 0.25) is 0 Å². The number of hydrogen-bond acceptors (Lipinski definition) is 5. The Kier molecular flexibility index (Phi) is 8.70. The van der Waals surface area contributed by atoms with Gasteiger partial charge in [-0.15, -0.1) is 0 Å². The topological polar surface area (TPSA) is 108 Å². The van der Waals surface area contributed by atoms with Gasteiger partial charge in [0, 0.05) is 29.8 Å². The third-order valence-corrected chi connectivity index (χ3v) is 8.02. The summed E-state index contributed by atoms with van der Waals surface area (Å²) in [7, 11) is 0. The third kappa shape index (κ3) is 7.06. The molecule has 43 heavy (non-hydrogen) atoms. The van der Waals surface area contributed by atoms with Crippen molar-refractivity contribution in [2.24, 2.45) is 0 Å². The van der Waals surface area contributed by atoms with Crippen molar-refractivity contribution in [2.75, 3.05) is 31.6 Å². The van der Waals surface area contributed by atoms with Gasteiger partial charge in [0.25, 0.3) is 11.5 Å². The van der Waals surface area contributed by atoms with Crippen LogP contribution in [0.3, 0.4) is 0 Å². The molecule has 5 aromatic rings. The molecule has 0 saturated carbocycles. The number of hydrogen-bond donors (Lipinski definition) is 3. The minimum atomic E-state index is -0.301. The second-order valence-electron chi connectivity index (χ2n) is 11.2. The molecule has 9 heteroatoms. The maximum absolute atomic E-state index is 13.0. The van der Waals surface area contributed by atoms with E-state index >= 15 is 0 Å². The van der Waals surface area contributed by atoms with Crippen LogP contribution in [-0.4, -0.2) is 56.8 Å². The number of nitrogens with zero attached hydrogens (tertiary/aromatic N) is 3. The van der Waals surface area contributed by atoms with Gasteiger partial charge in [-0.25, -0.2) is 0 Å². The quantitative estimate of drug-likeness (QED) is 0.171. The van der Waals surface area contributed by atoms with E-state index in [2.05, 4.69) is 50.4 Å². The predicted octanol–water partition coefficient (Wildman–Crippen LogP) is 5.84. The van der Waals surface area contributed by atoms with E-state index in [0.29, 0.717) is 35.7 Å². The zero-order valence-corrected chi connectivity index (χ0v) is 24.6. The second-order valence-corrected chi connectivity index (χ2v) is 11.2. The van der Waals surface area contributed by atoms with E-state index in [4.69, 9.17) is 4.74 Å². The summed E-state index contributed by atoms with van der Waals surface area (Å²) in [6.45, 7) is 6.84. The van der Waals surface area contributed by atoms with Gasteiger partial charge in [0.05, 0.1) is 41.9 Å². The number of carbonyl (C=O) groups is 1. The number of likely N-dealkylation sites (tertiary alicyclic amines) is 1. The van der Waals surface area contributed by atoms with Crippen LogP contribution >= 0.6 is 0 Å². The summed E-state index contributed by atoms with van der Waals surface area (Å²) in [5.74, 6) is 0.510. The summed E-state index contributed by atoms with van der Waals surface area (Å²) in [5.41, 5.74) is 5.07. The lowest BCUT2D eigenvalue weighted by Gasteiger charge is -2.26. The van der Waals surface area contributed by atoms with Gasteiger partial charge >= 0.3 is 0 Å². The van der Waals surface area contributed by atoms with E-state index in [1.807, 2.05) is 30.3 Å². The van der Waals surface area contributed by atoms with Crippen molar-refractivity contribution in [3.05, 3.63) is 100 Å². The molecule has 1 aliphatic rings. The van der Waals surface area contributed by atoms with Gasteiger partial charge in [0.2, 0.25) is 0 Å². The molecule has 0 spiro atoms. The lowest BCUT2D eigenvalue weighted by Crippen LogP contribution is -2.31. The summed E-state index contributed by atoms with van der Waals surface area (Å²) in [4.78, 5) is 34.4. The van der Waals surface area contributed by atoms with Crippen LogP contribution in [0.5, 0.6) is 5.75 Å². The SMILES string of the molecule is CCc1cccc(Cn2cc(C(=O)Nc3c[nH]c(=O)c(-c4cc5cc(OCCCN6CCCCC6)ccc5[nH]4)c3)cn2)c1. The van der Waals surface area contributed by atoms with E-state index in [9.17, 15) is 9.59 Å². The Bertz CT molecular complexity index is 1760. The van der Waals surface area contributed by atoms with E-state index in [1.165, 1.54) is 44.1 Å². The number of fused-ring (bicyclic) bond motifs is 1. The highest BCUT2D eigenvalue weighted by molar-refractivity contribution is 6.04. The highest BCUT2D eigenvalue weighted by Crippen LogP contribution is 2.27. The van der Waals surface area contributed by atoms with Crippen LogP contribution in [-0.2, 0) is 13.0 Å². The summed E-state index contributed by atoms with van der Waals surface area (Å²) in [6.07, 6.45) is 10.7. The number of rotatable bonds is 11. The zero-order chi connectivity index (χ0) is 29.6. The van der Waals surface area contributed by atoms with Crippen LogP contribution < -0.4 is 15.6 Å². The molecule has 0 atom stereocenters. The van der Waals surface area contributed by atoms with Gasteiger partial charge in [0.1, 0.15) is 5.75 Å². The van der Waals surface area contributed by atoms with Gasteiger partial charge in [-0.1, -0.05) is 37.6 Å². The molecule has 6 rings (SSSR count). The first kappa shape index (κ1) is 28.5. The molecule has 0 bridgehead atoms. The standard InChI is InChI=1S/C34H38N6O3/c1-2-24-8-6-9-25(16-24)22-40-23-27(20-36-40)33(41)37-28-19-30(34(42)35-21-28)32-18-26-17-29(10-11-31(26)38-32)43-15-7-14-39-12-4-3-5-13-39/h6,8-11,16-21,23,38H,2-5,7,12-15,22H2,1H3,(H,35,42)(H,37,41). The van der Waals surface area contributed by atoms with Crippen LogP contribution in [0.25, 0.3) is 22.2 Å². The zero-order valence-electron chi connectivity index (χ0n) is 24.6. The molecule has 0 radical (unpaired) electrons. The van der Waals surface area contributed by atoms with E-state index < -0.39 is 0 Å². The maximum Gasteiger partial charge on any atom is 0.258 e. The number of benzene rings is 2. The van der Waals surface area contributed by atoms with Crippen molar-refractivity contribution < 1.29 is 9.53 Å². The fourth-order valence-corrected chi connectivity index (χ4v) is 5.67. The van der Waals surface area contributed by atoms with Crippen LogP contribution in [0.1, 0.15) is 54.1 Å². The minimum absolute atomic E-state index is 0.249. The van der Waals surface area contributed by atoms with Crippen molar-refractivity contribution in [1.29, 1.82) is 0 Å². The number of aryl methyl sites for hydroxylation is 1. The van der Waals surface area contributed by atoms with Crippen molar-refractivity contribution in [3.8, 4) is 17.0 Å². The lowest BCUT2D eigenvalue weighted by molar-refractivity contribution is 0.102. The maximum atomic E-state index is 13.0. The molecule has 2 aromatic carbocycles. The predicted molar refractivity (Wildman–Crippen MR) is 170 cm³/mol. The Balaban J connectivity index is 1.10. The number of H-pyrrole nitrogens is 2. The summed E-state index contributed by atoms with van der Waals surface area (Å²) in [6, 6.07) is 17.9. The number of aromatic nitrogens is 4. The molecule has 222 valence electrons. The molecule has 1 fully saturated rings. The molecule has 0 unspecified atom stereocenters. The fraction of sp³-hybridized carbons (Fsp3) is 0.324. The van der Waals surface area contributed by atoms with Crippen molar-refractivity contribution in [2.45, 2.75) is 45.6 Å². The fourth-order valence-electron chi connectivity index (χ4n) is 5.67. The largest absolute Gasteiger partial charge is 0.494 e. The third-order valence-electron chi connectivity index (χ3n) is 8.02. The van der Waals surface area contributed by atoms with Crippen molar-refractivity contribution in [3.63, 3.8) is 0 Å². The molecule has 1 saturated heterocycles. The number of aromatic amines is 2. The van der Waals surface area contributed by atoms with Gasteiger partial charge < -0.3 is 24.9 Å². The number of nitrogens with one attached hydrogen (secondary N) is 3. The van der Waals surface area contributed by atoms with Gasteiger partial charge in [0.15, 0.2) is 0 Å². The molecule has 0 aliphatic carbocycles. The van der Waals surface area contributed by atoms with Crippen LogP contribution in [0, 0.1) is 0 Å². The molecule has 1 aliphatic heterocycles.